The Labute approximate surface area is 160 Å². The molecule has 0 bridgehead atoms. The van der Waals surface area contributed by atoms with Crippen molar-refractivity contribution in [2.75, 3.05) is 13.7 Å². The van der Waals surface area contributed by atoms with Crippen LogP contribution in [0.3, 0.4) is 0 Å². The maximum absolute atomic E-state index is 5.25. The fraction of sp³-hybridized carbons (Fsp3) is 0.143. The molecule has 134 valence electrons. The first kappa shape index (κ1) is 16.2. The molecule has 0 atom stereocenters. The summed E-state index contributed by atoms with van der Waals surface area (Å²) in [6.45, 7) is 1.50. The number of para-hydroxylation sites is 1. The molecule has 6 heteroatoms. The Morgan fingerprint density at radius 1 is 1.00 bits per heavy atom. The summed E-state index contributed by atoms with van der Waals surface area (Å²) in [5, 5.41) is 6.98. The minimum atomic E-state index is 0.680. The average Bonchev–Trinajstić information content (AvgIpc) is 3.38. The Morgan fingerprint density at radius 2 is 1.81 bits per heavy atom. The van der Waals surface area contributed by atoms with Gasteiger partial charge in [0.15, 0.2) is 0 Å². The van der Waals surface area contributed by atoms with E-state index in [1.54, 1.807) is 18.4 Å². The number of hydrogen-bond acceptors (Lipinski definition) is 4. The lowest BCUT2D eigenvalue weighted by molar-refractivity contribution is 0.188. The Bertz CT molecular complexity index is 1190. The van der Waals surface area contributed by atoms with E-state index in [-0.39, 0.29) is 0 Å². The van der Waals surface area contributed by atoms with Crippen LogP contribution < -0.4 is 0 Å². The second-order valence-corrected chi connectivity index (χ2v) is 7.33. The Balaban J connectivity index is 1.58. The molecule has 2 aromatic carbocycles. The van der Waals surface area contributed by atoms with Gasteiger partial charge in [0.1, 0.15) is 5.01 Å². The molecule has 0 aliphatic carbocycles. The average molecular weight is 374 g/mol. The van der Waals surface area contributed by atoms with Crippen LogP contribution in [0, 0.1) is 0 Å². The molecule has 5 nitrogen and oxygen atoms in total. The summed E-state index contributed by atoms with van der Waals surface area (Å²) in [6, 6.07) is 18.6. The maximum atomic E-state index is 5.25. The monoisotopic (exact) mass is 374 g/mol. The van der Waals surface area contributed by atoms with E-state index in [1.807, 2.05) is 28.9 Å². The molecular formula is C21H18N4OS. The summed E-state index contributed by atoms with van der Waals surface area (Å²) in [6.07, 6.45) is 4.16. The van der Waals surface area contributed by atoms with E-state index in [1.165, 1.54) is 10.9 Å². The molecule has 0 aliphatic rings. The first-order valence-corrected chi connectivity index (χ1v) is 9.64. The van der Waals surface area contributed by atoms with Crippen molar-refractivity contribution in [3.63, 3.8) is 0 Å². The van der Waals surface area contributed by atoms with E-state index in [9.17, 15) is 0 Å². The molecule has 3 aromatic heterocycles. The van der Waals surface area contributed by atoms with Crippen LogP contribution in [0.15, 0.2) is 67.0 Å². The van der Waals surface area contributed by atoms with Crippen molar-refractivity contribution in [3.8, 4) is 21.8 Å². The fourth-order valence-electron chi connectivity index (χ4n) is 3.35. The van der Waals surface area contributed by atoms with Crippen LogP contribution in [0.4, 0.5) is 0 Å². The van der Waals surface area contributed by atoms with E-state index in [0.717, 1.165) is 33.3 Å². The van der Waals surface area contributed by atoms with E-state index in [0.29, 0.717) is 6.61 Å². The Kier molecular flexibility index (Phi) is 3.99. The van der Waals surface area contributed by atoms with Gasteiger partial charge in [-0.15, -0.1) is 0 Å². The number of methoxy groups -OCH3 is 1. The van der Waals surface area contributed by atoms with Gasteiger partial charge in [0.2, 0.25) is 4.96 Å². The van der Waals surface area contributed by atoms with Crippen molar-refractivity contribution in [3.05, 3.63) is 67.0 Å². The summed E-state index contributed by atoms with van der Waals surface area (Å²) in [5.41, 5.74) is 4.39. The van der Waals surface area contributed by atoms with E-state index in [4.69, 9.17) is 14.8 Å². The molecule has 5 rings (SSSR count). The van der Waals surface area contributed by atoms with Crippen molar-refractivity contribution in [2.24, 2.45) is 0 Å². The zero-order valence-corrected chi connectivity index (χ0v) is 15.7. The summed E-state index contributed by atoms with van der Waals surface area (Å²) < 4.78 is 9.36. The van der Waals surface area contributed by atoms with Crippen molar-refractivity contribution in [1.29, 1.82) is 0 Å². The largest absolute Gasteiger partial charge is 0.383 e. The molecule has 0 saturated heterocycles. The second kappa shape index (κ2) is 6.64. The molecule has 0 spiro atoms. The highest BCUT2D eigenvalue weighted by molar-refractivity contribution is 7.20. The third-order valence-corrected chi connectivity index (χ3v) is 5.62. The number of ether oxygens (including phenoxy) is 1. The molecule has 27 heavy (non-hydrogen) atoms. The zero-order chi connectivity index (χ0) is 18.2. The molecule has 0 radical (unpaired) electrons. The van der Waals surface area contributed by atoms with E-state index in [2.05, 4.69) is 47.2 Å². The third-order valence-electron chi connectivity index (χ3n) is 4.67. The lowest BCUT2D eigenvalue weighted by Gasteiger charge is -2.03. The molecule has 5 aromatic rings. The molecule has 0 saturated carbocycles. The third kappa shape index (κ3) is 2.83. The fourth-order valence-corrected chi connectivity index (χ4v) is 4.25. The van der Waals surface area contributed by atoms with Crippen LogP contribution >= 0.6 is 11.3 Å². The zero-order valence-electron chi connectivity index (χ0n) is 14.9. The predicted molar refractivity (Wildman–Crippen MR) is 109 cm³/mol. The van der Waals surface area contributed by atoms with Gasteiger partial charge in [-0.25, -0.2) is 9.50 Å². The van der Waals surface area contributed by atoms with Gasteiger partial charge in [-0.3, -0.25) is 0 Å². The summed E-state index contributed by atoms with van der Waals surface area (Å²) in [4.78, 5) is 5.66. The predicted octanol–water partition coefficient (Wildman–Crippen LogP) is 4.73. The highest BCUT2D eigenvalue weighted by Gasteiger charge is 2.16. The second-order valence-electron chi connectivity index (χ2n) is 6.37. The van der Waals surface area contributed by atoms with Gasteiger partial charge in [0.25, 0.3) is 0 Å². The first-order valence-electron chi connectivity index (χ1n) is 8.82. The van der Waals surface area contributed by atoms with Crippen LogP contribution in [0.1, 0.15) is 0 Å². The van der Waals surface area contributed by atoms with Crippen LogP contribution in [-0.4, -0.2) is 32.9 Å². The van der Waals surface area contributed by atoms with Crippen LogP contribution in [0.25, 0.3) is 37.7 Å². The standard InChI is InChI=1S/C21H18N4OS/c1-26-12-11-24-13-17(16-9-5-6-10-19(16)24)20-23-25-14-18(22-21(25)27-20)15-7-3-2-4-8-15/h2-10,13-14H,11-12H2,1H3. The van der Waals surface area contributed by atoms with Crippen LogP contribution in [0.5, 0.6) is 0 Å². The van der Waals surface area contributed by atoms with Gasteiger partial charge in [-0.05, 0) is 6.07 Å². The number of imidazole rings is 1. The van der Waals surface area contributed by atoms with Gasteiger partial charge < -0.3 is 9.30 Å². The van der Waals surface area contributed by atoms with Crippen molar-refractivity contribution < 1.29 is 4.74 Å². The van der Waals surface area contributed by atoms with Crippen LogP contribution in [0.2, 0.25) is 0 Å². The number of fused-ring (bicyclic) bond motifs is 2. The van der Waals surface area contributed by atoms with Gasteiger partial charge in [-0.1, -0.05) is 59.9 Å². The minimum absolute atomic E-state index is 0.680. The molecule has 0 unspecified atom stereocenters. The van der Waals surface area contributed by atoms with Crippen molar-refractivity contribution in [1.82, 2.24) is 19.2 Å². The smallest absolute Gasteiger partial charge is 0.213 e. The number of rotatable bonds is 5. The summed E-state index contributed by atoms with van der Waals surface area (Å²) >= 11 is 1.61. The summed E-state index contributed by atoms with van der Waals surface area (Å²) in [5.74, 6) is 0. The summed E-state index contributed by atoms with van der Waals surface area (Å²) in [7, 11) is 1.73. The lowest BCUT2D eigenvalue weighted by Crippen LogP contribution is -2.02. The normalized spacial score (nSPS) is 11.6. The van der Waals surface area contributed by atoms with Crippen LogP contribution in [-0.2, 0) is 11.3 Å². The van der Waals surface area contributed by atoms with Crippen molar-refractivity contribution in [2.45, 2.75) is 6.54 Å². The van der Waals surface area contributed by atoms with Crippen molar-refractivity contribution >= 4 is 27.2 Å². The van der Waals surface area contributed by atoms with Gasteiger partial charge in [0, 0.05) is 41.9 Å². The van der Waals surface area contributed by atoms with E-state index >= 15 is 0 Å². The molecule has 0 aliphatic heterocycles. The van der Waals surface area contributed by atoms with Gasteiger partial charge >= 0.3 is 0 Å². The number of hydrogen-bond donors (Lipinski definition) is 0. The SMILES string of the molecule is COCCn1cc(-c2nn3cc(-c4ccccc4)nc3s2)c2ccccc21. The number of aromatic nitrogens is 4. The van der Waals surface area contributed by atoms with Gasteiger partial charge in [0.05, 0.1) is 18.5 Å². The first-order chi connectivity index (χ1) is 13.3. The van der Waals surface area contributed by atoms with E-state index < -0.39 is 0 Å². The molecule has 0 amide bonds. The highest BCUT2D eigenvalue weighted by atomic mass is 32.1. The minimum Gasteiger partial charge on any atom is -0.383 e. The molecule has 3 heterocycles. The lowest BCUT2D eigenvalue weighted by atomic mass is 10.2. The highest BCUT2D eigenvalue weighted by Crippen LogP contribution is 2.34. The Morgan fingerprint density at radius 3 is 2.63 bits per heavy atom. The topological polar surface area (TPSA) is 44.4 Å². The van der Waals surface area contributed by atoms with Gasteiger partial charge in [-0.2, -0.15) is 5.10 Å². The number of nitrogens with zero attached hydrogens (tertiary/aromatic N) is 4. The number of benzene rings is 2. The quantitative estimate of drug-likeness (QED) is 0.447. The maximum Gasteiger partial charge on any atom is 0.213 e. The molecular weight excluding hydrogens is 356 g/mol. The molecule has 0 N–H and O–H groups in total. The Hall–Kier alpha value is -2.96. The molecule has 0 fully saturated rings.